The molecule has 5 nitrogen and oxygen atoms in total. The van der Waals surface area contributed by atoms with Crippen molar-refractivity contribution in [2.24, 2.45) is 0 Å². The number of aromatic nitrogens is 4. The molecule has 0 unspecified atom stereocenters. The van der Waals surface area contributed by atoms with Crippen LogP contribution in [0.1, 0.15) is 9.68 Å². The molecule has 0 spiro atoms. The number of hydrogen-bond acceptors (Lipinski definition) is 6. The maximum Gasteiger partial charge on any atom is 0.187 e. The van der Waals surface area contributed by atoms with Gasteiger partial charge < -0.3 is 5.73 Å². The van der Waals surface area contributed by atoms with E-state index < -0.39 is 6.85 Å². The molecular formula is C16H15N5S. The Morgan fingerprint density at radius 1 is 1.09 bits per heavy atom. The molecule has 0 atom stereocenters. The van der Waals surface area contributed by atoms with Crippen LogP contribution >= 0.6 is 11.8 Å². The van der Waals surface area contributed by atoms with Gasteiger partial charge in [-0.25, -0.2) is 19.9 Å². The van der Waals surface area contributed by atoms with Gasteiger partial charge in [-0.15, -0.1) is 0 Å². The van der Waals surface area contributed by atoms with Crippen molar-refractivity contribution in [2.45, 2.75) is 12.0 Å². The lowest BCUT2D eigenvalue weighted by atomic mass is 10.1. The Balaban J connectivity index is 2.15. The van der Waals surface area contributed by atoms with Crippen molar-refractivity contribution < 1.29 is 4.11 Å². The van der Waals surface area contributed by atoms with Crippen molar-refractivity contribution in [3.63, 3.8) is 0 Å². The van der Waals surface area contributed by atoms with Crippen molar-refractivity contribution in [2.75, 3.05) is 12.0 Å². The van der Waals surface area contributed by atoms with Crippen molar-refractivity contribution in [3.8, 4) is 22.6 Å². The van der Waals surface area contributed by atoms with Gasteiger partial charge in [-0.05, 0) is 24.7 Å². The van der Waals surface area contributed by atoms with E-state index in [9.17, 15) is 0 Å². The van der Waals surface area contributed by atoms with E-state index in [1.807, 2.05) is 6.26 Å². The average Bonchev–Trinajstić information content (AvgIpc) is 2.61. The Morgan fingerprint density at radius 2 is 1.95 bits per heavy atom. The van der Waals surface area contributed by atoms with Crippen molar-refractivity contribution in [1.29, 1.82) is 0 Å². The van der Waals surface area contributed by atoms with Crippen LogP contribution in [0.3, 0.4) is 0 Å². The number of rotatable bonds is 3. The van der Waals surface area contributed by atoms with Crippen molar-refractivity contribution in [1.82, 2.24) is 19.9 Å². The van der Waals surface area contributed by atoms with Crippen LogP contribution in [-0.2, 0) is 0 Å². The number of benzene rings is 1. The van der Waals surface area contributed by atoms with Gasteiger partial charge in [0.25, 0.3) is 0 Å². The highest BCUT2D eigenvalue weighted by Gasteiger charge is 2.12. The van der Waals surface area contributed by atoms with E-state index in [1.54, 1.807) is 36.5 Å². The minimum atomic E-state index is -2.25. The molecule has 2 N–H and O–H groups in total. The number of hydrogen-bond donors (Lipinski definition) is 1. The summed E-state index contributed by atoms with van der Waals surface area (Å²) in [6.45, 7) is -2.25. The normalized spacial score (nSPS) is 13.2. The number of nitrogens with two attached hydrogens (primary N) is 1. The lowest BCUT2D eigenvalue weighted by Crippen LogP contribution is -2.01. The monoisotopic (exact) mass is 312 g/mol. The quantitative estimate of drug-likeness (QED) is 0.591. The molecule has 0 aliphatic rings. The van der Waals surface area contributed by atoms with Crippen LogP contribution in [0.2, 0.25) is 0 Å². The average molecular weight is 312 g/mol. The van der Waals surface area contributed by atoms with E-state index in [4.69, 9.17) is 9.85 Å². The number of thioether (sulfide) groups is 1. The molecule has 0 aliphatic carbocycles. The molecule has 2 aromatic heterocycles. The van der Waals surface area contributed by atoms with Crippen LogP contribution in [0.5, 0.6) is 0 Å². The fourth-order valence-electron chi connectivity index (χ4n) is 1.99. The van der Waals surface area contributed by atoms with Crippen molar-refractivity contribution in [3.05, 3.63) is 48.3 Å². The lowest BCUT2D eigenvalue weighted by Gasteiger charge is -2.09. The number of anilines is 1. The van der Waals surface area contributed by atoms with E-state index >= 15 is 0 Å². The topological polar surface area (TPSA) is 77.6 Å². The Hall–Kier alpha value is -2.47. The lowest BCUT2D eigenvalue weighted by molar-refractivity contribution is 0.970. The molecule has 0 fully saturated rings. The van der Waals surface area contributed by atoms with Gasteiger partial charge in [0, 0.05) is 15.9 Å². The predicted molar refractivity (Wildman–Crippen MR) is 89.4 cm³/mol. The van der Waals surface area contributed by atoms with E-state index in [2.05, 4.69) is 19.9 Å². The van der Waals surface area contributed by atoms with Gasteiger partial charge in [0.05, 0.1) is 17.6 Å². The summed E-state index contributed by atoms with van der Waals surface area (Å²) in [6.07, 6.45) is 4.97. The third kappa shape index (κ3) is 2.78. The molecule has 2 heterocycles. The molecule has 22 heavy (non-hydrogen) atoms. The third-order valence-electron chi connectivity index (χ3n) is 3.06. The second-order valence-electron chi connectivity index (χ2n) is 4.46. The molecular weight excluding hydrogens is 294 g/mol. The van der Waals surface area contributed by atoms with Crippen LogP contribution < -0.4 is 5.73 Å². The summed E-state index contributed by atoms with van der Waals surface area (Å²) in [6, 6.07) is 8.42. The summed E-state index contributed by atoms with van der Waals surface area (Å²) in [4.78, 5) is 17.2. The zero-order valence-electron chi connectivity index (χ0n) is 14.8. The Labute approximate surface area is 137 Å². The van der Waals surface area contributed by atoms with Gasteiger partial charge in [0.1, 0.15) is 5.69 Å². The summed E-state index contributed by atoms with van der Waals surface area (Å²) in [5, 5.41) is 0.590. The predicted octanol–water partition coefficient (Wildman–Crippen LogP) is 3.21. The Kier molecular flexibility index (Phi) is 3.09. The van der Waals surface area contributed by atoms with Gasteiger partial charge in [-0.2, -0.15) is 0 Å². The Morgan fingerprint density at radius 3 is 2.77 bits per heavy atom. The molecule has 3 rings (SSSR count). The number of nitrogen functional groups attached to an aromatic ring is 1. The van der Waals surface area contributed by atoms with Crippen LogP contribution in [0.15, 0.2) is 47.9 Å². The summed E-state index contributed by atoms with van der Waals surface area (Å²) in [5.74, 6) is 0.223. The standard InChI is InChI=1S/C16H15N5S/c1-10-5-3-4-6-11(10)13-9-19-15(17)14(20-13)12-7-8-18-16(21-12)22-2/h3-9H,1-2H3,(H2,17,19)/i1D3. The van der Waals surface area contributed by atoms with Crippen molar-refractivity contribution >= 4 is 17.6 Å². The molecule has 0 saturated carbocycles. The maximum absolute atomic E-state index is 7.71. The molecule has 0 saturated heterocycles. The molecule has 6 heteroatoms. The molecule has 0 radical (unpaired) electrons. The first-order valence-corrected chi connectivity index (χ1v) is 7.72. The van der Waals surface area contributed by atoms with Gasteiger partial charge in [-0.1, -0.05) is 36.0 Å². The number of aryl methyl sites for hydroxylation is 1. The highest BCUT2D eigenvalue weighted by molar-refractivity contribution is 7.98. The first-order chi connectivity index (χ1) is 11.9. The van der Waals surface area contributed by atoms with E-state index in [0.29, 0.717) is 27.8 Å². The third-order valence-corrected chi connectivity index (χ3v) is 3.62. The molecule has 3 aromatic rings. The molecule has 1 aromatic carbocycles. The summed E-state index contributed by atoms with van der Waals surface area (Å²) in [7, 11) is 0. The highest BCUT2D eigenvalue weighted by Crippen LogP contribution is 2.26. The van der Waals surface area contributed by atoms with E-state index in [0.717, 1.165) is 0 Å². The second kappa shape index (κ2) is 6.11. The van der Waals surface area contributed by atoms with E-state index in [1.165, 1.54) is 18.0 Å². The van der Waals surface area contributed by atoms with Gasteiger partial charge in [-0.3, -0.25) is 0 Å². The zero-order chi connectivity index (χ0) is 18.0. The van der Waals surface area contributed by atoms with Gasteiger partial charge in [0.15, 0.2) is 11.0 Å². The smallest absolute Gasteiger partial charge is 0.187 e. The maximum atomic E-state index is 7.71. The first kappa shape index (κ1) is 11.1. The van der Waals surface area contributed by atoms with Crippen LogP contribution in [0, 0.1) is 6.85 Å². The summed E-state index contributed by atoms with van der Waals surface area (Å²) in [5.41, 5.74) is 8.04. The fraction of sp³-hybridized carbons (Fsp3) is 0.125. The Bertz CT molecular complexity index is 914. The van der Waals surface area contributed by atoms with Crippen LogP contribution in [0.4, 0.5) is 5.82 Å². The number of nitrogens with zero attached hydrogens (tertiary/aromatic N) is 4. The zero-order valence-corrected chi connectivity index (χ0v) is 12.6. The largest absolute Gasteiger partial charge is 0.382 e. The van der Waals surface area contributed by atoms with E-state index in [-0.39, 0.29) is 11.4 Å². The molecule has 0 bridgehead atoms. The minimum absolute atomic E-state index is 0.215. The second-order valence-corrected chi connectivity index (χ2v) is 5.24. The fourth-order valence-corrected chi connectivity index (χ4v) is 2.35. The molecule has 0 aliphatic heterocycles. The SMILES string of the molecule is [2H]C([2H])([2H])c1ccccc1-c1cnc(N)c(-c2ccnc(SC)n2)n1. The van der Waals surface area contributed by atoms with Crippen LogP contribution in [-0.4, -0.2) is 26.2 Å². The van der Waals surface area contributed by atoms with Gasteiger partial charge >= 0.3 is 0 Å². The van der Waals surface area contributed by atoms with Gasteiger partial charge in [0.2, 0.25) is 0 Å². The molecule has 0 amide bonds. The molecule has 110 valence electrons. The van der Waals surface area contributed by atoms with Crippen LogP contribution in [0.25, 0.3) is 22.6 Å². The first-order valence-electron chi connectivity index (χ1n) is 8.00. The summed E-state index contributed by atoms with van der Waals surface area (Å²) < 4.78 is 23.1. The summed E-state index contributed by atoms with van der Waals surface area (Å²) >= 11 is 1.40. The minimum Gasteiger partial charge on any atom is -0.382 e. The highest BCUT2D eigenvalue weighted by atomic mass is 32.2.